The monoisotopic (exact) mass is 371 g/mol. The number of alkyl carbamates (subject to hydrolysis) is 2. The number of nitrogens with zero attached hydrogens (tertiary/aromatic N) is 1. The van der Waals surface area contributed by atoms with E-state index in [1.807, 2.05) is 0 Å². The van der Waals surface area contributed by atoms with E-state index < -0.39 is 36.0 Å². The van der Waals surface area contributed by atoms with Crippen LogP contribution in [0.1, 0.15) is 34.1 Å². The lowest BCUT2D eigenvalue weighted by Crippen LogP contribution is -2.61. The molecule has 1 rings (SSSR count). The second kappa shape index (κ2) is 9.88. The highest BCUT2D eigenvalue weighted by Crippen LogP contribution is 2.14. The van der Waals surface area contributed by atoms with Crippen LogP contribution < -0.4 is 10.6 Å². The Morgan fingerprint density at radius 3 is 2.38 bits per heavy atom. The zero-order valence-corrected chi connectivity index (χ0v) is 15.9. The molecule has 0 unspecified atom stereocenters. The minimum Gasteiger partial charge on any atom is -0.450 e. The summed E-state index contributed by atoms with van der Waals surface area (Å²) in [5.74, 6) is 0. The predicted molar refractivity (Wildman–Crippen MR) is 94.8 cm³/mol. The lowest BCUT2D eigenvalue weighted by molar-refractivity contribution is 0.0424. The highest BCUT2D eigenvalue weighted by molar-refractivity contribution is 5.71. The van der Waals surface area contributed by atoms with Gasteiger partial charge in [0.15, 0.2) is 0 Å². The quantitative estimate of drug-likeness (QED) is 0.566. The molecule has 0 saturated carbocycles. The van der Waals surface area contributed by atoms with Crippen LogP contribution in [0, 0.1) is 0 Å². The van der Waals surface area contributed by atoms with Gasteiger partial charge in [0.25, 0.3) is 0 Å². The van der Waals surface area contributed by atoms with Gasteiger partial charge in [-0.25, -0.2) is 14.4 Å². The van der Waals surface area contributed by atoms with Crippen LogP contribution in [0.15, 0.2) is 12.7 Å². The normalized spacial score (nSPS) is 19.9. The molecule has 9 heteroatoms. The minimum atomic E-state index is -0.661. The molecule has 0 aromatic heterocycles. The number of piperidine rings is 1. The first-order valence-corrected chi connectivity index (χ1v) is 8.61. The Morgan fingerprint density at radius 2 is 1.81 bits per heavy atom. The molecule has 1 heterocycles. The maximum Gasteiger partial charge on any atom is 0.409 e. The smallest absolute Gasteiger partial charge is 0.409 e. The van der Waals surface area contributed by atoms with Crippen molar-refractivity contribution in [3.63, 3.8) is 0 Å². The highest BCUT2D eigenvalue weighted by Gasteiger charge is 2.35. The maximum atomic E-state index is 12.1. The Kier molecular flexibility index (Phi) is 8.21. The molecule has 26 heavy (non-hydrogen) atoms. The van der Waals surface area contributed by atoms with Crippen LogP contribution in [0.5, 0.6) is 0 Å². The number of likely N-dealkylation sites (tertiary alicyclic amines) is 1. The lowest BCUT2D eigenvalue weighted by Gasteiger charge is -2.38. The Bertz CT molecular complexity index is 517. The molecule has 0 bridgehead atoms. The Labute approximate surface area is 154 Å². The lowest BCUT2D eigenvalue weighted by atomic mass is 10.00. The van der Waals surface area contributed by atoms with Crippen LogP contribution in [0.25, 0.3) is 0 Å². The molecule has 9 nitrogen and oxygen atoms in total. The summed E-state index contributed by atoms with van der Waals surface area (Å²) in [6.45, 7) is 11.4. The van der Waals surface area contributed by atoms with Crippen LogP contribution in [0.3, 0.4) is 0 Å². The molecular formula is C17H29N3O6. The summed E-state index contributed by atoms with van der Waals surface area (Å²) in [4.78, 5) is 37.4. The van der Waals surface area contributed by atoms with Gasteiger partial charge in [-0.15, -0.1) is 0 Å². The second-order valence-corrected chi connectivity index (χ2v) is 6.82. The summed E-state index contributed by atoms with van der Waals surface area (Å²) in [6.07, 6.45) is 0.188. The Morgan fingerprint density at radius 1 is 1.15 bits per heavy atom. The van der Waals surface area contributed by atoms with E-state index in [-0.39, 0.29) is 19.8 Å². The third kappa shape index (κ3) is 7.62. The molecule has 1 saturated heterocycles. The van der Waals surface area contributed by atoms with Gasteiger partial charge < -0.3 is 29.7 Å². The van der Waals surface area contributed by atoms with Gasteiger partial charge in [-0.05, 0) is 34.1 Å². The summed E-state index contributed by atoms with van der Waals surface area (Å²) < 4.78 is 15.2. The van der Waals surface area contributed by atoms with Gasteiger partial charge >= 0.3 is 18.3 Å². The second-order valence-electron chi connectivity index (χ2n) is 6.82. The van der Waals surface area contributed by atoms with Crippen molar-refractivity contribution < 1.29 is 28.6 Å². The first kappa shape index (κ1) is 21.6. The predicted octanol–water partition coefficient (Wildman–Crippen LogP) is 2.02. The van der Waals surface area contributed by atoms with Gasteiger partial charge in [0.1, 0.15) is 12.2 Å². The number of nitrogens with one attached hydrogen (secondary N) is 2. The molecule has 0 radical (unpaired) electrons. The Hall–Kier alpha value is -2.45. The van der Waals surface area contributed by atoms with E-state index in [0.717, 1.165) is 0 Å². The van der Waals surface area contributed by atoms with Gasteiger partial charge in [0.2, 0.25) is 0 Å². The SMILES string of the molecule is C=CCOC(=O)N[C@H]1CCN(C(=O)OCC)C[C@H]1NC(=O)OC(C)(C)C. The summed E-state index contributed by atoms with van der Waals surface area (Å²) in [7, 11) is 0. The van der Waals surface area contributed by atoms with Crippen molar-refractivity contribution >= 4 is 18.3 Å². The maximum absolute atomic E-state index is 12.1. The Balaban J connectivity index is 2.76. The van der Waals surface area contributed by atoms with E-state index >= 15 is 0 Å². The number of amides is 3. The number of hydrogen-bond donors (Lipinski definition) is 2. The molecule has 2 atom stereocenters. The first-order chi connectivity index (χ1) is 12.2. The molecule has 0 spiro atoms. The molecule has 0 aliphatic carbocycles. The number of carbonyl (C=O) groups excluding carboxylic acids is 3. The molecule has 148 valence electrons. The topological polar surface area (TPSA) is 106 Å². The number of ether oxygens (including phenoxy) is 3. The third-order valence-corrected chi connectivity index (χ3v) is 3.48. The van der Waals surface area contributed by atoms with Crippen molar-refractivity contribution in [2.24, 2.45) is 0 Å². The standard InChI is InChI=1S/C17H29N3O6/c1-6-10-25-14(21)18-12-8-9-20(16(23)24-7-2)11-13(12)19-15(22)26-17(3,4)5/h6,12-13H,1,7-11H2,2-5H3,(H,18,21)(H,19,22)/t12-,13+/m0/s1. The van der Waals surface area contributed by atoms with Crippen molar-refractivity contribution in [1.82, 2.24) is 15.5 Å². The van der Waals surface area contributed by atoms with E-state index in [2.05, 4.69) is 17.2 Å². The highest BCUT2D eigenvalue weighted by atomic mass is 16.6. The number of rotatable bonds is 5. The van der Waals surface area contributed by atoms with Crippen molar-refractivity contribution in [3.05, 3.63) is 12.7 Å². The molecular weight excluding hydrogens is 342 g/mol. The molecule has 1 aliphatic heterocycles. The van der Waals surface area contributed by atoms with Crippen LogP contribution in [-0.4, -0.2) is 67.2 Å². The van der Waals surface area contributed by atoms with Gasteiger partial charge in [-0.3, -0.25) is 0 Å². The largest absolute Gasteiger partial charge is 0.450 e. The third-order valence-electron chi connectivity index (χ3n) is 3.48. The van der Waals surface area contributed by atoms with Crippen molar-refractivity contribution in [2.75, 3.05) is 26.3 Å². The summed E-state index contributed by atoms with van der Waals surface area (Å²) in [6, 6.07) is -0.954. The van der Waals surface area contributed by atoms with Gasteiger partial charge in [-0.2, -0.15) is 0 Å². The number of carbonyl (C=O) groups is 3. The first-order valence-electron chi connectivity index (χ1n) is 8.61. The molecule has 1 aliphatic rings. The summed E-state index contributed by atoms with van der Waals surface area (Å²) in [5, 5.41) is 5.42. The van der Waals surface area contributed by atoms with E-state index in [0.29, 0.717) is 13.0 Å². The molecule has 0 aromatic rings. The average molecular weight is 371 g/mol. The van der Waals surface area contributed by atoms with Gasteiger partial charge in [0, 0.05) is 13.1 Å². The van der Waals surface area contributed by atoms with Crippen molar-refractivity contribution in [3.8, 4) is 0 Å². The van der Waals surface area contributed by atoms with Crippen molar-refractivity contribution in [1.29, 1.82) is 0 Å². The fourth-order valence-corrected chi connectivity index (χ4v) is 2.44. The summed E-state index contributed by atoms with van der Waals surface area (Å²) >= 11 is 0. The molecule has 0 aromatic carbocycles. The van der Waals surface area contributed by atoms with Crippen LogP contribution in [0.4, 0.5) is 14.4 Å². The van der Waals surface area contributed by atoms with E-state index in [1.165, 1.54) is 11.0 Å². The van der Waals surface area contributed by atoms with Gasteiger partial charge in [-0.1, -0.05) is 12.7 Å². The van der Waals surface area contributed by atoms with E-state index in [1.54, 1.807) is 27.7 Å². The number of hydrogen-bond acceptors (Lipinski definition) is 6. The van der Waals surface area contributed by atoms with Crippen LogP contribution in [-0.2, 0) is 14.2 Å². The van der Waals surface area contributed by atoms with E-state index in [9.17, 15) is 14.4 Å². The van der Waals surface area contributed by atoms with Crippen LogP contribution >= 0.6 is 0 Å². The average Bonchev–Trinajstić information content (AvgIpc) is 2.53. The molecule has 2 N–H and O–H groups in total. The molecule has 3 amide bonds. The van der Waals surface area contributed by atoms with E-state index in [4.69, 9.17) is 14.2 Å². The minimum absolute atomic E-state index is 0.0810. The van der Waals surface area contributed by atoms with Crippen molar-refractivity contribution in [2.45, 2.75) is 51.8 Å². The summed E-state index contributed by atoms with van der Waals surface area (Å²) in [5.41, 5.74) is -0.661. The fourth-order valence-electron chi connectivity index (χ4n) is 2.44. The van der Waals surface area contributed by atoms with Gasteiger partial charge in [0.05, 0.1) is 18.7 Å². The zero-order valence-electron chi connectivity index (χ0n) is 15.9. The zero-order chi connectivity index (χ0) is 19.7. The molecule has 1 fully saturated rings. The van der Waals surface area contributed by atoms with Crippen LogP contribution in [0.2, 0.25) is 0 Å². The fraction of sp³-hybridized carbons (Fsp3) is 0.706.